The van der Waals surface area contributed by atoms with Crippen molar-refractivity contribution in [3.63, 3.8) is 0 Å². The fourth-order valence-electron chi connectivity index (χ4n) is 3.66. The lowest BCUT2D eigenvalue weighted by Crippen LogP contribution is -2.39. The number of benzene rings is 1. The second-order valence-corrected chi connectivity index (χ2v) is 7.11. The number of amides is 1. The van der Waals surface area contributed by atoms with Crippen LogP contribution < -0.4 is 4.74 Å². The maximum absolute atomic E-state index is 13.1. The molecule has 1 amide bonds. The molecule has 132 valence electrons. The highest BCUT2D eigenvalue weighted by Gasteiger charge is 2.43. The van der Waals surface area contributed by atoms with Gasteiger partial charge < -0.3 is 19.8 Å². The summed E-state index contributed by atoms with van der Waals surface area (Å²) in [4.78, 5) is 14.3. The zero-order valence-corrected chi connectivity index (χ0v) is 14.1. The van der Waals surface area contributed by atoms with Gasteiger partial charge in [-0.05, 0) is 49.8 Å². The molecule has 1 aliphatic carbocycles. The Morgan fingerprint density at radius 2 is 1.88 bits per heavy atom. The Morgan fingerprint density at radius 1 is 1.29 bits per heavy atom. The number of fused-ring (bicyclic) bond motifs is 1. The second-order valence-electron chi connectivity index (χ2n) is 6.70. The predicted molar refractivity (Wildman–Crippen MR) is 86.3 cm³/mol. The summed E-state index contributed by atoms with van der Waals surface area (Å²) in [6.07, 6.45) is -1.16. The van der Waals surface area contributed by atoms with Crippen molar-refractivity contribution in [2.45, 2.75) is 38.1 Å². The van der Waals surface area contributed by atoms with E-state index in [1.54, 1.807) is 11.8 Å². The second kappa shape index (κ2) is 6.86. The van der Waals surface area contributed by atoms with E-state index in [2.05, 4.69) is 0 Å². The minimum Gasteiger partial charge on any atom is -0.479 e. The molecule has 2 fully saturated rings. The first-order valence-corrected chi connectivity index (χ1v) is 8.49. The lowest BCUT2D eigenvalue weighted by Gasteiger charge is -2.31. The first-order valence-electron chi connectivity index (χ1n) is 8.11. The third kappa shape index (κ3) is 3.50. The minimum absolute atomic E-state index is 0.121. The summed E-state index contributed by atoms with van der Waals surface area (Å²) in [6.45, 7) is 2.74. The average molecular weight is 358 g/mol. The maximum atomic E-state index is 13.1. The van der Waals surface area contributed by atoms with Crippen molar-refractivity contribution < 1.29 is 24.1 Å². The highest BCUT2D eigenvalue weighted by atomic mass is 35.5. The topological polar surface area (TPSA) is 70.0 Å². The Morgan fingerprint density at radius 3 is 2.42 bits per heavy atom. The number of ether oxygens (including phenoxy) is 1. The fraction of sp³-hybridized carbons (Fsp3) is 0.588. The van der Waals surface area contributed by atoms with Gasteiger partial charge >= 0.3 is 0 Å². The van der Waals surface area contributed by atoms with Crippen molar-refractivity contribution in [1.82, 2.24) is 4.90 Å². The molecule has 0 bridgehead atoms. The Labute approximate surface area is 145 Å². The Balaban J connectivity index is 1.62. The number of aliphatic hydroxyl groups is 2. The smallest absolute Gasteiger partial charge is 0.263 e. The van der Waals surface area contributed by atoms with Gasteiger partial charge in [-0.15, -0.1) is 0 Å². The minimum atomic E-state index is -0.747. The molecule has 5 nitrogen and oxygen atoms in total. The van der Waals surface area contributed by atoms with Gasteiger partial charge in [-0.3, -0.25) is 4.79 Å². The maximum Gasteiger partial charge on any atom is 0.263 e. The summed E-state index contributed by atoms with van der Waals surface area (Å²) >= 11 is 5.92. The largest absolute Gasteiger partial charge is 0.479 e. The molecule has 1 aromatic rings. The van der Waals surface area contributed by atoms with Crippen LogP contribution in [0.5, 0.6) is 5.75 Å². The molecule has 0 spiro atoms. The van der Waals surface area contributed by atoms with Gasteiger partial charge in [-0.2, -0.15) is 0 Å². The third-order valence-corrected chi connectivity index (χ3v) is 5.26. The average Bonchev–Trinajstić information content (AvgIpc) is 2.92. The van der Waals surface area contributed by atoms with Crippen molar-refractivity contribution in [2.24, 2.45) is 11.8 Å². The van der Waals surface area contributed by atoms with Gasteiger partial charge in [-0.25, -0.2) is 4.39 Å². The van der Waals surface area contributed by atoms with Gasteiger partial charge in [0.25, 0.3) is 5.91 Å². The van der Waals surface area contributed by atoms with Gasteiger partial charge in [0.15, 0.2) is 6.10 Å². The molecule has 1 heterocycles. The molecule has 0 unspecified atom stereocenters. The molecule has 2 aliphatic rings. The van der Waals surface area contributed by atoms with Crippen LogP contribution in [0.15, 0.2) is 18.2 Å². The molecule has 5 atom stereocenters. The summed E-state index contributed by atoms with van der Waals surface area (Å²) in [5.74, 6) is 0.0325. The number of carbonyl (C=O) groups excluding carboxylic acids is 1. The first-order chi connectivity index (χ1) is 11.3. The zero-order valence-electron chi connectivity index (χ0n) is 13.4. The van der Waals surface area contributed by atoms with Crippen molar-refractivity contribution in [3.8, 4) is 5.75 Å². The van der Waals surface area contributed by atoms with Crippen LogP contribution in [-0.2, 0) is 4.79 Å². The summed E-state index contributed by atoms with van der Waals surface area (Å²) in [5, 5.41) is 19.7. The normalized spacial score (nSPS) is 30.8. The van der Waals surface area contributed by atoms with E-state index in [4.69, 9.17) is 16.3 Å². The van der Waals surface area contributed by atoms with E-state index in [0.29, 0.717) is 25.9 Å². The lowest BCUT2D eigenvalue weighted by atomic mass is 9.79. The Bertz CT molecular complexity index is 611. The highest BCUT2D eigenvalue weighted by molar-refractivity contribution is 6.32. The molecule has 0 aromatic heterocycles. The van der Waals surface area contributed by atoms with Crippen LogP contribution in [-0.4, -0.2) is 52.4 Å². The first kappa shape index (κ1) is 17.5. The SMILES string of the molecule is C[C@@H](Oc1ccc(F)cc1Cl)C(=O)N1C[C@H]2C[C@H](O)[C@H](O)C[C@H]2C1. The molecule has 1 aliphatic heterocycles. The van der Waals surface area contributed by atoms with Gasteiger partial charge in [-0.1, -0.05) is 11.6 Å². The van der Waals surface area contributed by atoms with Crippen LogP contribution in [0.1, 0.15) is 19.8 Å². The zero-order chi connectivity index (χ0) is 17.4. The molecule has 3 rings (SSSR count). The molecule has 1 saturated carbocycles. The van der Waals surface area contributed by atoms with Crippen molar-refractivity contribution in [2.75, 3.05) is 13.1 Å². The van der Waals surface area contributed by atoms with Gasteiger partial charge in [0.05, 0.1) is 17.2 Å². The number of nitrogens with zero attached hydrogens (tertiary/aromatic N) is 1. The number of rotatable bonds is 3. The van der Waals surface area contributed by atoms with Crippen LogP contribution >= 0.6 is 11.6 Å². The monoisotopic (exact) mass is 357 g/mol. The van der Waals surface area contributed by atoms with E-state index in [0.717, 1.165) is 6.07 Å². The van der Waals surface area contributed by atoms with Crippen LogP contribution in [0, 0.1) is 17.7 Å². The Kier molecular flexibility index (Phi) is 4.99. The van der Waals surface area contributed by atoms with E-state index in [-0.39, 0.29) is 28.5 Å². The molecule has 7 heteroatoms. The molecular weight excluding hydrogens is 337 g/mol. The molecule has 2 N–H and O–H groups in total. The summed E-state index contributed by atoms with van der Waals surface area (Å²) in [7, 11) is 0. The number of hydrogen-bond donors (Lipinski definition) is 2. The van der Waals surface area contributed by atoms with Gasteiger partial charge in [0.1, 0.15) is 11.6 Å². The molecule has 1 aromatic carbocycles. The molecule has 24 heavy (non-hydrogen) atoms. The van der Waals surface area contributed by atoms with Crippen molar-refractivity contribution in [1.29, 1.82) is 0 Å². The van der Waals surface area contributed by atoms with E-state index in [1.165, 1.54) is 12.1 Å². The third-order valence-electron chi connectivity index (χ3n) is 4.97. The van der Waals surface area contributed by atoms with Crippen molar-refractivity contribution >= 4 is 17.5 Å². The summed E-state index contributed by atoms with van der Waals surface area (Å²) in [6, 6.07) is 3.77. The number of halogens is 2. The number of likely N-dealkylation sites (tertiary alicyclic amines) is 1. The van der Waals surface area contributed by atoms with Gasteiger partial charge in [0, 0.05) is 13.1 Å². The summed E-state index contributed by atoms with van der Waals surface area (Å²) < 4.78 is 18.6. The van der Waals surface area contributed by atoms with E-state index < -0.39 is 24.1 Å². The van der Waals surface area contributed by atoms with Crippen LogP contribution in [0.3, 0.4) is 0 Å². The molecule has 0 radical (unpaired) electrons. The Hall–Kier alpha value is -1.37. The standard InChI is InChI=1S/C17H21ClFNO4/c1-9(24-16-3-2-12(19)6-13(16)18)17(23)20-7-10-4-14(21)15(22)5-11(10)8-20/h2-3,6,9-11,14-15,21-22H,4-5,7-8H2,1H3/t9-,10-,11+,14+,15-/m1/s1. The van der Waals surface area contributed by atoms with E-state index in [9.17, 15) is 19.4 Å². The lowest BCUT2D eigenvalue weighted by molar-refractivity contribution is -0.137. The van der Waals surface area contributed by atoms with Gasteiger partial charge in [0.2, 0.25) is 0 Å². The summed E-state index contributed by atoms with van der Waals surface area (Å²) in [5.41, 5.74) is 0. The predicted octanol–water partition coefficient (Wildman–Crippen LogP) is 1.84. The molecule has 1 saturated heterocycles. The van der Waals surface area contributed by atoms with Crippen molar-refractivity contribution in [3.05, 3.63) is 29.0 Å². The quantitative estimate of drug-likeness (QED) is 0.866. The number of hydrogen-bond acceptors (Lipinski definition) is 4. The van der Waals surface area contributed by atoms with Crippen LogP contribution in [0.25, 0.3) is 0 Å². The molecular formula is C17H21ClFNO4. The van der Waals surface area contributed by atoms with E-state index in [1.807, 2.05) is 0 Å². The number of aliphatic hydroxyl groups excluding tert-OH is 2. The number of carbonyl (C=O) groups is 1. The van der Waals surface area contributed by atoms with Crippen LogP contribution in [0.2, 0.25) is 5.02 Å². The van der Waals surface area contributed by atoms with Crippen LogP contribution in [0.4, 0.5) is 4.39 Å². The van der Waals surface area contributed by atoms with E-state index >= 15 is 0 Å². The fourth-order valence-corrected chi connectivity index (χ4v) is 3.87. The highest BCUT2D eigenvalue weighted by Crippen LogP contribution is 2.37.